The number of piperidine rings is 2. The third-order valence-electron chi connectivity index (χ3n) is 8.50. The van der Waals surface area contributed by atoms with E-state index in [0.29, 0.717) is 42.7 Å². The number of fused-ring (bicyclic) bond motifs is 2. The molecule has 0 unspecified atom stereocenters. The summed E-state index contributed by atoms with van der Waals surface area (Å²) in [6, 6.07) is 12.6. The van der Waals surface area contributed by atoms with Crippen molar-refractivity contribution in [1.82, 2.24) is 30.4 Å². The highest BCUT2D eigenvalue weighted by Crippen LogP contribution is 2.37. The number of likely N-dealkylation sites (tertiary alicyclic amines) is 1. The van der Waals surface area contributed by atoms with E-state index in [2.05, 4.69) is 65.0 Å². The number of hydrogen-bond acceptors (Lipinski definition) is 8. The summed E-state index contributed by atoms with van der Waals surface area (Å²) in [7, 11) is 1.65. The number of carbonyl (C=O) groups excluding carboxylic acids is 2. The van der Waals surface area contributed by atoms with Crippen molar-refractivity contribution in [2.45, 2.75) is 44.2 Å². The van der Waals surface area contributed by atoms with Crippen molar-refractivity contribution in [1.29, 1.82) is 0 Å². The Morgan fingerprint density at radius 1 is 1.17 bits per heavy atom. The molecule has 2 amide bonds. The highest BCUT2D eigenvalue weighted by molar-refractivity contribution is 5.83. The molecule has 3 aliphatic rings. The molecule has 0 spiro atoms. The highest BCUT2D eigenvalue weighted by atomic mass is 16.5. The maximum Gasteiger partial charge on any atom is 0.237 e. The fourth-order valence-corrected chi connectivity index (χ4v) is 6.25. The Morgan fingerprint density at radius 3 is 2.79 bits per heavy atom. The molecule has 0 radical (unpaired) electrons. The van der Waals surface area contributed by atoms with Gasteiger partial charge < -0.3 is 30.6 Å². The van der Waals surface area contributed by atoms with Crippen LogP contribution in [0.5, 0.6) is 5.75 Å². The minimum absolute atomic E-state index is 0.202. The molecule has 6 rings (SSSR count). The second-order valence-electron chi connectivity index (χ2n) is 11.2. The van der Waals surface area contributed by atoms with E-state index in [4.69, 9.17) is 4.74 Å². The van der Waals surface area contributed by atoms with E-state index in [-0.39, 0.29) is 11.9 Å². The number of anilines is 1. The number of carbonyl (C=O) groups is 2. The first-order chi connectivity index (χ1) is 20.6. The zero-order valence-corrected chi connectivity index (χ0v) is 23.9. The molecule has 11 heteroatoms. The van der Waals surface area contributed by atoms with E-state index in [0.717, 1.165) is 74.1 Å². The van der Waals surface area contributed by atoms with Crippen LogP contribution in [-0.2, 0) is 16.1 Å². The maximum atomic E-state index is 13.8. The summed E-state index contributed by atoms with van der Waals surface area (Å²) in [5, 5.41) is 9.36. The molecule has 2 aromatic carbocycles. The number of hydrogen-bond donors (Lipinski definition) is 4. The van der Waals surface area contributed by atoms with Crippen molar-refractivity contribution in [3.63, 3.8) is 0 Å². The molecule has 0 bridgehead atoms. The lowest BCUT2D eigenvalue weighted by Gasteiger charge is -2.38. The molecule has 220 valence electrons. The van der Waals surface area contributed by atoms with Gasteiger partial charge in [0.05, 0.1) is 35.8 Å². The molecule has 1 aromatic heterocycles. The predicted octanol–water partition coefficient (Wildman–Crippen LogP) is 2.94. The van der Waals surface area contributed by atoms with Crippen LogP contribution in [0.3, 0.4) is 0 Å². The van der Waals surface area contributed by atoms with Crippen molar-refractivity contribution < 1.29 is 14.3 Å². The van der Waals surface area contributed by atoms with Crippen LogP contribution in [0.15, 0.2) is 59.3 Å². The van der Waals surface area contributed by atoms with Gasteiger partial charge in [-0.2, -0.15) is 0 Å². The largest absolute Gasteiger partial charge is 0.450 e. The molecule has 0 atom stereocenters. The summed E-state index contributed by atoms with van der Waals surface area (Å²) in [5.41, 5.74) is 5.10. The zero-order valence-electron chi connectivity index (χ0n) is 23.9. The van der Waals surface area contributed by atoms with Crippen LogP contribution in [0, 0.1) is 0 Å². The number of nitrogens with zero attached hydrogens (tertiary/aromatic N) is 4. The second kappa shape index (κ2) is 12.7. The second-order valence-corrected chi connectivity index (χ2v) is 11.2. The number of aliphatic imine (C=N–C) groups is 1. The average molecular weight is 571 g/mol. The molecule has 2 fully saturated rings. The Kier molecular flexibility index (Phi) is 8.47. The highest BCUT2D eigenvalue weighted by Gasteiger charge is 2.29. The van der Waals surface area contributed by atoms with Crippen LogP contribution in [0.1, 0.15) is 42.7 Å². The number of aromatic amines is 1. The molecule has 0 aliphatic carbocycles. The van der Waals surface area contributed by atoms with Crippen LogP contribution >= 0.6 is 0 Å². The number of H-pyrrole nitrogens is 1. The van der Waals surface area contributed by atoms with E-state index in [1.165, 1.54) is 5.56 Å². The molecule has 11 nitrogen and oxygen atoms in total. The molecule has 4 N–H and O–H groups in total. The Labute approximate surface area is 245 Å². The van der Waals surface area contributed by atoms with Gasteiger partial charge in [0.25, 0.3) is 0 Å². The summed E-state index contributed by atoms with van der Waals surface area (Å²) < 4.78 is 5.96. The van der Waals surface area contributed by atoms with Gasteiger partial charge in [0, 0.05) is 19.6 Å². The minimum atomic E-state index is 0.202. The summed E-state index contributed by atoms with van der Waals surface area (Å²) in [4.78, 5) is 40.8. The number of benzene rings is 2. The van der Waals surface area contributed by atoms with Crippen LogP contribution in [0.2, 0.25) is 0 Å². The number of aromatic nitrogens is 2. The Bertz CT molecular complexity index is 1480. The van der Waals surface area contributed by atoms with Gasteiger partial charge in [-0.3, -0.25) is 19.5 Å². The molecular weight excluding hydrogens is 532 g/mol. The van der Waals surface area contributed by atoms with Crippen molar-refractivity contribution in [3.8, 4) is 5.75 Å². The fourth-order valence-electron chi connectivity index (χ4n) is 6.25. The monoisotopic (exact) mass is 570 g/mol. The van der Waals surface area contributed by atoms with E-state index in [1.54, 1.807) is 19.6 Å². The molecule has 0 saturated carbocycles. The molecule has 3 aliphatic heterocycles. The van der Waals surface area contributed by atoms with Gasteiger partial charge in [0.1, 0.15) is 0 Å². The van der Waals surface area contributed by atoms with E-state index in [9.17, 15) is 9.59 Å². The van der Waals surface area contributed by atoms with E-state index in [1.807, 2.05) is 12.1 Å². The smallest absolute Gasteiger partial charge is 0.237 e. The Hall–Kier alpha value is -4.22. The van der Waals surface area contributed by atoms with Gasteiger partial charge >= 0.3 is 0 Å². The molecule has 2 saturated heterocycles. The van der Waals surface area contributed by atoms with Gasteiger partial charge in [-0.25, -0.2) is 4.98 Å². The predicted molar refractivity (Wildman–Crippen MR) is 162 cm³/mol. The third kappa shape index (κ3) is 6.17. The minimum Gasteiger partial charge on any atom is -0.450 e. The van der Waals surface area contributed by atoms with Gasteiger partial charge in [-0.15, -0.1) is 0 Å². The van der Waals surface area contributed by atoms with Crippen molar-refractivity contribution >= 4 is 35.3 Å². The number of rotatable bonds is 9. The third-order valence-corrected chi connectivity index (χ3v) is 8.50. The molecule has 3 aromatic rings. The quantitative estimate of drug-likeness (QED) is 0.230. The van der Waals surface area contributed by atoms with Crippen LogP contribution in [-0.4, -0.2) is 84.1 Å². The topological polar surface area (TPSA) is 127 Å². The van der Waals surface area contributed by atoms with E-state index < -0.39 is 0 Å². The van der Waals surface area contributed by atoms with Gasteiger partial charge in [0.15, 0.2) is 17.3 Å². The van der Waals surface area contributed by atoms with Gasteiger partial charge in [-0.05, 0) is 93.2 Å². The lowest BCUT2D eigenvalue weighted by molar-refractivity contribution is -0.136. The summed E-state index contributed by atoms with van der Waals surface area (Å²) in [5.74, 6) is 2.21. The first kappa shape index (κ1) is 27.9. The summed E-state index contributed by atoms with van der Waals surface area (Å²) in [6.45, 7) is 4.67. The molecular formula is C31H38N8O3. The van der Waals surface area contributed by atoms with Gasteiger partial charge in [-0.1, -0.05) is 12.1 Å². The summed E-state index contributed by atoms with van der Waals surface area (Å²) >= 11 is 0. The standard InChI is InChI=1S/C31H38N8O3/c1-32-16-29-31(36-20-40)37-27-15-23(3-5-28(27)42-29)22-8-12-38(13-9-22)18-30(41)39(24-6-10-33-11-7-24)17-21-2-4-25-26(14-21)35-19-34-25/h2-5,14-16,19-20,22,24,33,37H,6-13,17-18H2,1H3,(H,34,35)(H,36,40). The van der Waals surface area contributed by atoms with Gasteiger partial charge in [0.2, 0.25) is 12.3 Å². The van der Waals surface area contributed by atoms with Crippen LogP contribution in [0.4, 0.5) is 5.69 Å². The number of amides is 2. The lowest BCUT2D eigenvalue weighted by atomic mass is 9.89. The number of nitrogens with one attached hydrogen (secondary N) is 4. The number of allylic oxidation sites excluding steroid dienone is 1. The van der Waals surface area contributed by atoms with Crippen LogP contribution < -0.4 is 20.7 Å². The lowest BCUT2D eigenvalue weighted by Crippen LogP contribution is -2.49. The SMILES string of the molecule is CN=CC1=C(NC=O)Nc2cc(C3CCN(CC(=O)N(Cc4ccc5nc[nH]c5c4)C4CCNCC4)CC3)ccc2O1. The van der Waals surface area contributed by atoms with Crippen molar-refractivity contribution in [2.75, 3.05) is 45.1 Å². The molecule has 4 heterocycles. The normalized spacial score (nSPS) is 18.5. The molecule has 42 heavy (non-hydrogen) atoms. The first-order valence-electron chi connectivity index (χ1n) is 14.7. The summed E-state index contributed by atoms with van der Waals surface area (Å²) in [6.07, 6.45) is 7.78. The van der Waals surface area contributed by atoms with E-state index >= 15 is 0 Å². The van der Waals surface area contributed by atoms with Crippen molar-refractivity contribution in [2.24, 2.45) is 4.99 Å². The first-order valence-corrected chi connectivity index (χ1v) is 14.7. The van der Waals surface area contributed by atoms with Crippen LogP contribution in [0.25, 0.3) is 11.0 Å². The average Bonchev–Trinajstić information content (AvgIpc) is 3.49. The fraction of sp³-hybridized carbons (Fsp3) is 0.419. The maximum absolute atomic E-state index is 13.8. The Balaban J connectivity index is 1.09. The van der Waals surface area contributed by atoms with Crippen molar-refractivity contribution in [3.05, 3.63) is 65.4 Å². The Morgan fingerprint density at radius 2 is 2.00 bits per heavy atom. The zero-order chi connectivity index (χ0) is 28.9. The number of ether oxygens (including phenoxy) is 1. The number of imidazole rings is 1.